The van der Waals surface area contributed by atoms with Crippen molar-refractivity contribution >= 4 is 11.9 Å². The Labute approximate surface area is 83.4 Å². The third kappa shape index (κ3) is 5.53. The Hall–Kier alpha value is -1.10. The van der Waals surface area contributed by atoms with Gasteiger partial charge in [0.1, 0.15) is 0 Å². The number of hydrogen-bond acceptors (Lipinski definition) is 3. The first-order valence-corrected chi connectivity index (χ1v) is 4.49. The third-order valence-corrected chi connectivity index (χ3v) is 1.90. The van der Waals surface area contributed by atoms with Crippen LogP contribution in [0.1, 0.15) is 20.3 Å². The maximum atomic E-state index is 11.2. The number of carboxylic acids is 1. The highest BCUT2D eigenvalue weighted by atomic mass is 16.5. The molecule has 0 aromatic heterocycles. The summed E-state index contributed by atoms with van der Waals surface area (Å²) >= 11 is 0. The first-order chi connectivity index (χ1) is 6.47. The molecule has 0 spiro atoms. The minimum atomic E-state index is -0.912. The van der Waals surface area contributed by atoms with Crippen LogP contribution in [0.5, 0.6) is 0 Å². The summed E-state index contributed by atoms with van der Waals surface area (Å²) in [6, 6.07) is 0. The summed E-state index contributed by atoms with van der Waals surface area (Å²) < 4.78 is 4.90. The lowest BCUT2D eigenvalue weighted by Gasteiger charge is -2.11. The monoisotopic (exact) mass is 203 g/mol. The lowest BCUT2D eigenvalue weighted by molar-refractivity contribution is -0.141. The lowest BCUT2D eigenvalue weighted by atomic mass is 10.2. The summed E-state index contributed by atoms with van der Waals surface area (Å²) in [6.45, 7) is 3.48. The van der Waals surface area contributed by atoms with Crippen molar-refractivity contribution in [1.82, 2.24) is 5.32 Å². The molecule has 0 rings (SSSR count). The quantitative estimate of drug-likeness (QED) is 0.648. The fourth-order valence-corrected chi connectivity index (χ4v) is 0.771. The average molecular weight is 203 g/mol. The second kappa shape index (κ2) is 6.37. The van der Waals surface area contributed by atoms with Crippen molar-refractivity contribution in [3.63, 3.8) is 0 Å². The van der Waals surface area contributed by atoms with Crippen LogP contribution in [0.2, 0.25) is 0 Å². The van der Waals surface area contributed by atoms with Crippen molar-refractivity contribution < 1.29 is 19.4 Å². The van der Waals surface area contributed by atoms with Crippen LogP contribution in [0.25, 0.3) is 0 Å². The van der Waals surface area contributed by atoms with Gasteiger partial charge in [-0.2, -0.15) is 0 Å². The molecule has 14 heavy (non-hydrogen) atoms. The van der Waals surface area contributed by atoms with Crippen molar-refractivity contribution in [1.29, 1.82) is 0 Å². The number of ether oxygens (including phenoxy) is 1. The van der Waals surface area contributed by atoms with E-state index in [4.69, 9.17) is 9.84 Å². The molecule has 2 atom stereocenters. The van der Waals surface area contributed by atoms with Crippen LogP contribution in [0.15, 0.2) is 0 Å². The number of aliphatic carboxylic acids is 1. The second-order valence-corrected chi connectivity index (χ2v) is 3.29. The van der Waals surface area contributed by atoms with E-state index >= 15 is 0 Å². The number of rotatable bonds is 6. The number of methoxy groups -OCH3 is 1. The zero-order chi connectivity index (χ0) is 11.1. The topological polar surface area (TPSA) is 75.6 Å². The summed E-state index contributed by atoms with van der Waals surface area (Å²) in [5, 5.41) is 11.1. The van der Waals surface area contributed by atoms with E-state index in [1.807, 2.05) is 0 Å². The van der Waals surface area contributed by atoms with Crippen molar-refractivity contribution in [3.8, 4) is 0 Å². The molecule has 0 aliphatic rings. The van der Waals surface area contributed by atoms with Gasteiger partial charge in [0.2, 0.25) is 5.91 Å². The number of nitrogens with one attached hydrogen (secondary N) is 1. The van der Waals surface area contributed by atoms with Crippen molar-refractivity contribution in [3.05, 3.63) is 0 Å². The predicted octanol–water partition coefficient (Wildman–Crippen LogP) is 0.248. The Morgan fingerprint density at radius 3 is 2.43 bits per heavy atom. The number of carboxylic acid groups (broad SMARTS) is 1. The van der Waals surface area contributed by atoms with E-state index in [2.05, 4.69) is 5.32 Å². The standard InChI is InChI=1S/C9H17NO4/c1-6(9(12)13)5-10-8(11)4-7(2)14-3/h6-7H,4-5H2,1-3H3,(H,10,11)(H,12,13). The van der Waals surface area contributed by atoms with Gasteiger partial charge in [0, 0.05) is 13.7 Å². The van der Waals surface area contributed by atoms with E-state index in [1.54, 1.807) is 13.8 Å². The van der Waals surface area contributed by atoms with E-state index in [0.29, 0.717) is 0 Å². The summed E-state index contributed by atoms with van der Waals surface area (Å²) in [5.74, 6) is -1.66. The van der Waals surface area contributed by atoms with Gasteiger partial charge in [0.15, 0.2) is 0 Å². The van der Waals surface area contributed by atoms with Crippen molar-refractivity contribution in [2.24, 2.45) is 5.92 Å². The Morgan fingerprint density at radius 2 is 2.00 bits per heavy atom. The lowest BCUT2D eigenvalue weighted by Crippen LogP contribution is -2.33. The van der Waals surface area contributed by atoms with Crippen LogP contribution in [-0.4, -0.2) is 36.7 Å². The zero-order valence-corrected chi connectivity index (χ0v) is 8.74. The first-order valence-electron chi connectivity index (χ1n) is 4.49. The fraction of sp³-hybridized carbons (Fsp3) is 0.778. The molecule has 1 amide bonds. The molecule has 0 bridgehead atoms. The number of amides is 1. The van der Waals surface area contributed by atoms with Gasteiger partial charge in [-0.1, -0.05) is 6.92 Å². The summed E-state index contributed by atoms with van der Waals surface area (Å²) in [5.41, 5.74) is 0. The number of carbonyl (C=O) groups excluding carboxylic acids is 1. The number of carbonyl (C=O) groups is 2. The Balaban J connectivity index is 3.69. The van der Waals surface area contributed by atoms with Gasteiger partial charge >= 0.3 is 5.97 Å². The summed E-state index contributed by atoms with van der Waals surface area (Å²) in [7, 11) is 1.53. The largest absolute Gasteiger partial charge is 0.481 e. The van der Waals surface area contributed by atoms with E-state index in [1.165, 1.54) is 7.11 Å². The highest BCUT2D eigenvalue weighted by molar-refractivity contribution is 5.77. The first kappa shape index (κ1) is 12.9. The van der Waals surface area contributed by atoms with Gasteiger partial charge in [0.25, 0.3) is 0 Å². The van der Waals surface area contributed by atoms with E-state index in [-0.39, 0.29) is 25.0 Å². The highest BCUT2D eigenvalue weighted by Crippen LogP contribution is 1.96. The third-order valence-electron chi connectivity index (χ3n) is 1.90. The molecule has 5 nitrogen and oxygen atoms in total. The Bertz CT molecular complexity index is 205. The van der Waals surface area contributed by atoms with Gasteiger partial charge < -0.3 is 15.2 Å². The molecule has 0 saturated carbocycles. The molecule has 0 aliphatic heterocycles. The van der Waals surface area contributed by atoms with Gasteiger partial charge in [-0.05, 0) is 6.92 Å². The minimum Gasteiger partial charge on any atom is -0.481 e. The van der Waals surface area contributed by atoms with Crippen molar-refractivity contribution in [2.75, 3.05) is 13.7 Å². The van der Waals surface area contributed by atoms with Crippen LogP contribution in [0, 0.1) is 5.92 Å². The normalized spacial score (nSPS) is 14.5. The fourth-order valence-electron chi connectivity index (χ4n) is 0.771. The van der Waals surface area contributed by atoms with Gasteiger partial charge in [-0.25, -0.2) is 0 Å². The summed E-state index contributed by atoms with van der Waals surface area (Å²) in [6.07, 6.45) is 0.109. The molecule has 0 aromatic rings. The number of hydrogen-bond donors (Lipinski definition) is 2. The van der Waals surface area contributed by atoms with E-state index < -0.39 is 11.9 Å². The van der Waals surface area contributed by atoms with Crippen LogP contribution in [0.4, 0.5) is 0 Å². The molecule has 82 valence electrons. The van der Waals surface area contributed by atoms with Gasteiger partial charge in [-0.3, -0.25) is 9.59 Å². The molecule has 0 heterocycles. The van der Waals surface area contributed by atoms with Crippen LogP contribution >= 0.6 is 0 Å². The molecule has 5 heteroatoms. The van der Waals surface area contributed by atoms with E-state index in [0.717, 1.165) is 0 Å². The predicted molar refractivity (Wildman–Crippen MR) is 50.9 cm³/mol. The molecule has 0 aliphatic carbocycles. The molecule has 2 N–H and O–H groups in total. The second-order valence-electron chi connectivity index (χ2n) is 3.29. The maximum absolute atomic E-state index is 11.2. The maximum Gasteiger partial charge on any atom is 0.308 e. The highest BCUT2D eigenvalue weighted by Gasteiger charge is 2.13. The zero-order valence-electron chi connectivity index (χ0n) is 8.74. The Kier molecular flexibility index (Phi) is 5.87. The average Bonchev–Trinajstić information content (AvgIpc) is 2.13. The van der Waals surface area contributed by atoms with Crippen LogP contribution in [0.3, 0.4) is 0 Å². The van der Waals surface area contributed by atoms with Crippen LogP contribution < -0.4 is 5.32 Å². The molecular weight excluding hydrogens is 186 g/mol. The van der Waals surface area contributed by atoms with Gasteiger partial charge in [0.05, 0.1) is 18.4 Å². The smallest absolute Gasteiger partial charge is 0.308 e. The molecule has 0 radical (unpaired) electrons. The summed E-state index contributed by atoms with van der Waals surface area (Å²) in [4.78, 5) is 21.6. The molecule has 0 saturated heterocycles. The molecule has 2 unspecified atom stereocenters. The molecule has 0 aromatic carbocycles. The van der Waals surface area contributed by atoms with E-state index in [9.17, 15) is 9.59 Å². The Morgan fingerprint density at radius 1 is 1.43 bits per heavy atom. The van der Waals surface area contributed by atoms with Gasteiger partial charge in [-0.15, -0.1) is 0 Å². The molecule has 0 fully saturated rings. The minimum absolute atomic E-state index is 0.143. The molecular formula is C9H17NO4. The van der Waals surface area contributed by atoms with Crippen LogP contribution in [-0.2, 0) is 14.3 Å². The SMILES string of the molecule is COC(C)CC(=O)NCC(C)C(=O)O. The van der Waals surface area contributed by atoms with Crippen molar-refractivity contribution in [2.45, 2.75) is 26.4 Å².